The molecule has 1 aliphatic heterocycles. The molecule has 1 aliphatic rings. The van der Waals surface area contributed by atoms with Gasteiger partial charge in [0.2, 0.25) is 5.88 Å². The molecule has 1 N–H and O–H groups in total. The molecule has 37 heavy (non-hydrogen) atoms. The number of anilines is 1. The molecule has 7 nitrogen and oxygen atoms in total. The number of pyridine rings is 1. The molecule has 1 fully saturated rings. The van der Waals surface area contributed by atoms with Crippen LogP contribution in [0.5, 0.6) is 11.6 Å². The number of piperidine rings is 1. The van der Waals surface area contributed by atoms with E-state index >= 15 is 0 Å². The van der Waals surface area contributed by atoms with Gasteiger partial charge >= 0.3 is 0 Å². The number of nitrogens with zero attached hydrogens (tertiary/aromatic N) is 2. The molecule has 2 aromatic carbocycles. The normalized spacial score (nSPS) is 13.9. The molecule has 2 amide bonds. The second kappa shape index (κ2) is 11.6. The SMILES string of the molecule is COc1ncc(Cl)cc1C(=O)Nc1ccc(C2CCN(C(=O)c3ccc(OC(C)C)cc3F)CC2)cc1. The van der Waals surface area contributed by atoms with Crippen molar-refractivity contribution in [2.75, 3.05) is 25.5 Å². The molecule has 0 unspecified atom stereocenters. The lowest BCUT2D eigenvalue weighted by Gasteiger charge is -2.32. The third kappa shape index (κ3) is 6.38. The lowest BCUT2D eigenvalue weighted by atomic mass is 9.89. The van der Waals surface area contributed by atoms with Crippen molar-refractivity contribution in [1.82, 2.24) is 9.88 Å². The van der Waals surface area contributed by atoms with E-state index in [4.69, 9.17) is 21.1 Å². The summed E-state index contributed by atoms with van der Waals surface area (Å²) in [5.74, 6) is -0.393. The number of ether oxygens (including phenoxy) is 2. The van der Waals surface area contributed by atoms with Crippen LogP contribution in [0.3, 0.4) is 0 Å². The van der Waals surface area contributed by atoms with Gasteiger partial charge in [-0.15, -0.1) is 0 Å². The van der Waals surface area contributed by atoms with Gasteiger partial charge in [0.25, 0.3) is 11.8 Å². The Kier molecular flexibility index (Phi) is 8.28. The smallest absolute Gasteiger partial charge is 0.261 e. The van der Waals surface area contributed by atoms with Crippen LogP contribution in [-0.2, 0) is 0 Å². The zero-order valence-corrected chi connectivity index (χ0v) is 21.7. The maximum atomic E-state index is 14.6. The van der Waals surface area contributed by atoms with Gasteiger partial charge in [-0.1, -0.05) is 23.7 Å². The molecule has 0 atom stereocenters. The van der Waals surface area contributed by atoms with Crippen LogP contribution >= 0.6 is 11.6 Å². The highest BCUT2D eigenvalue weighted by atomic mass is 35.5. The van der Waals surface area contributed by atoms with E-state index in [2.05, 4.69) is 10.3 Å². The van der Waals surface area contributed by atoms with E-state index in [1.807, 2.05) is 38.1 Å². The van der Waals surface area contributed by atoms with E-state index in [-0.39, 0.29) is 40.8 Å². The van der Waals surface area contributed by atoms with Crippen LogP contribution in [0.1, 0.15) is 58.9 Å². The maximum Gasteiger partial charge on any atom is 0.261 e. The summed E-state index contributed by atoms with van der Waals surface area (Å²) in [5.41, 5.74) is 2.05. The van der Waals surface area contributed by atoms with Gasteiger partial charge in [0.05, 0.1) is 23.8 Å². The van der Waals surface area contributed by atoms with Crippen molar-refractivity contribution in [2.24, 2.45) is 0 Å². The Hall–Kier alpha value is -3.65. The molecule has 4 rings (SSSR count). The number of carbonyl (C=O) groups excluding carboxylic acids is 2. The molecule has 2 heterocycles. The fourth-order valence-electron chi connectivity index (χ4n) is 4.39. The Balaban J connectivity index is 1.34. The fraction of sp³-hybridized carbons (Fsp3) is 0.321. The summed E-state index contributed by atoms with van der Waals surface area (Å²) in [6, 6.07) is 13.5. The lowest BCUT2D eigenvalue weighted by Crippen LogP contribution is -2.38. The van der Waals surface area contributed by atoms with Gasteiger partial charge in [-0.2, -0.15) is 0 Å². The summed E-state index contributed by atoms with van der Waals surface area (Å²) >= 11 is 5.98. The van der Waals surface area contributed by atoms with E-state index in [0.717, 1.165) is 18.4 Å². The Morgan fingerprint density at radius 2 is 1.78 bits per heavy atom. The minimum absolute atomic E-state index is 0.0567. The summed E-state index contributed by atoms with van der Waals surface area (Å²) in [6.07, 6.45) is 2.87. The van der Waals surface area contributed by atoms with Crippen molar-refractivity contribution in [2.45, 2.75) is 38.7 Å². The molecule has 0 bridgehead atoms. The summed E-state index contributed by atoms with van der Waals surface area (Å²) in [7, 11) is 1.44. The number of hydrogen-bond acceptors (Lipinski definition) is 5. The average molecular weight is 526 g/mol. The average Bonchev–Trinajstić information content (AvgIpc) is 2.88. The number of hydrogen-bond donors (Lipinski definition) is 1. The Labute approximate surface area is 220 Å². The van der Waals surface area contributed by atoms with Gasteiger partial charge < -0.3 is 19.7 Å². The van der Waals surface area contributed by atoms with E-state index in [9.17, 15) is 14.0 Å². The van der Waals surface area contributed by atoms with Gasteiger partial charge in [0.15, 0.2) is 0 Å². The van der Waals surface area contributed by atoms with Gasteiger partial charge in [-0.3, -0.25) is 9.59 Å². The number of likely N-dealkylation sites (tertiary alicyclic amines) is 1. The summed E-state index contributed by atoms with van der Waals surface area (Å²) in [4.78, 5) is 31.3. The number of amides is 2. The molecule has 9 heteroatoms. The topological polar surface area (TPSA) is 80.8 Å². The van der Waals surface area contributed by atoms with Gasteiger partial charge in [0.1, 0.15) is 17.1 Å². The molecule has 0 radical (unpaired) electrons. The highest BCUT2D eigenvalue weighted by Crippen LogP contribution is 2.30. The Morgan fingerprint density at radius 3 is 2.41 bits per heavy atom. The highest BCUT2D eigenvalue weighted by Gasteiger charge is 2.26. The van der Waals surface area contributed by atoms with E-state index in [1.54, 1.807) is 11.0 Å². The number of halogens is 2. The van der Waals surface area contributed by atoms with Crippen molar-refractivity contribution in [3.8, 4) is 11.6 Å². The van der Waals surface area contributed by atoms with Gasteiger partial charge in [-0.05, 0) is 68.5 Å². The number of methoxy groups -OCH3 is 1. The molecular weight excluding hydrogens is 497 g/mol. The number of nitrogens with one attached hydrogen (secondary N) is 1. The van der Waals surface area contributed by atoms with Crippen LogP contribution in [0.15, 0.2) is 54.7 Å². The Morgan fingerprint density at radius 1 is 1.08 bits per heavy atom. The second-order valence-corrected chi connectivity index (χ2v) is 9.60. The van der Waals surface area contributed by atoms with Crippen molar-refractivity contribution in [3.05, 3.63) is 82.3 Å². The zero-order valence-electron chi connectivity index (χ0n) is 21.0. The minimum Gasteiger partial charge on any atom is -0.491 e. The van der Waals surface area contributed by atoms with E-state index < -0.39 is 5.82 Å². The van der Waals surface area contributed by atoms with Crippen molar-refractivity contribution in [3.63, 3.8) is 0 Å². The van der Waals surface area contributed by atoms with E-state index in [1.165, 1.54) is 31.5 Å². The summed E-state index contributed by atoms with van der Waals surface area (Å²) in [6.45, 7) is 4.79. The van der Waals surface area contributed by atoms with Crippen LogP contribution in [0.4, 0.5) is 10.1 Å². The van der Waals surface area contributed by atoms with Crippen LogP contribution < -0.4 is 14.8 Å². The fourth-order valence-corrected chi connectivity index (χ4v) is 4.55. The third-order valence-electron chi connectivity index (χ3n) is 6.22. The van der Waals surface area contributed by atoms with Crippen LogP contribution in [0.2, 0.25) is 5.02 Å². The van der Waals surface area contributed by atoms with Crippen molar-refractivity contribution >= 4 is 29.1 Å². The van der Waals surface area contributed by atoms with Crippen molar-refractivity contribution < 1.29 is 23.5 Å². The molecule has 0 spiro atoms. The number of rotatable bonds is 7. The lowest BCUT2D eigenvalue weighted by molar-refractivity contribution is 0.0708. The van der Waals surface area contributed by atoms with Crippen LogP contribution in [0, 0.1) is 5.82 Å². The molecule has 1 saturated heterocycles. The Bertz CT molecular complexity index is 1270. The van der Waals surface area contributed by atoms with Gasteiger partial charge in [0, 0.05) is 31.0 Å². The predicted octanol–water partition coefficient (Wildman–Crippen LogP) is 5.94. The van der Waals surface area contributed by atoms with E-state index in [0.29, 0.717) is 29.5 Å². The maximum absolute atomic E-state index is 14.6. The number of carbonyl (C=O) groups is 2. The second-order valence-electron chi connectivity index (χ2n) is 9.16. The first-order valence-corrected chi connectivity index (χ1v) is 12.5. The molecular formula is C28H29ClFN3O4. The summed E-state index contributed by atoms with van der Waals surface area (Å²) < 4.78 is 25.2. The van der Waals surface area contributed by atoms with Crippen molar-refractivity contribution in [1.29, 1.82) is 0 Å². The highest BCUT2D eigenvalue weighted by molar-refractivity contribution is 6.31. The van der Waals surface area contributed by atoms with Crippen LogP contribution in [-0.4, -0.2) is 48.0 Å². The first-order chi connectivity index (χ1) is 17.7. The number of benzene rings is 2. The van der Waals surface area contributed by atoms with Gasteiger partial charge in [-0.25, -0.2) is 9.37 Å². The first kappa shape index (κ1) is 26.4. The number of aromatic nitrogens is 1. The molecule has 0 saturated carbocycles. The third-order valence-corrected chi connectivity index (χ3v) is 6.43. The molecule has 0 aliphatic carbocycles. The zero-order chi connectivity index (χ0) is 26.5. The molecule has 1 aromatic heterocycles. The standard InChI is InChI=1S/C28H29ClFN3O4/c1-17(2)37-22-8-9-23(25(30)15-22)28(35)33-12-10-19(11-13-33)18-4-6-21(7-5-18)32-26(34)24-14-20(29)16-31-27(24)36-3/h4-9,14-17,19H,10-13H2,1-3H3,(H,32,34). The monoisotopic (exact) mass is 525 g/mol. The van der Waals surface area contributed by atoms with Crippen LogP contribution in [0.25, 0.3) is 0 Å². The quantitative estimate of drug-likeness (QED) is 0.413. The predicted molar refractivity (Wildman–Crippen MR) is 140 cm³/mol. The minimum atomic E-state index is -0.575. The molecule has 3 aromatic rings. The largest absolute Gasteiger partial charge is 0.491 e. The molecule has 194 valence electrons. The summed E-state index contributed by atoms with van der Waals surface area (Å²) in [5, 5.41) is 3.17. The first-order valence-electron chi connectivity index (χ1n) is 12.1.